The molecule has 0 radical (unpaired) electrons. The SMILES string of the molecule is CC1=CCN(C(=O)C2(C#N)CCOCC2)CC1. The molecule has 2 aliphatic rings. The van der Waals surface area contributed by atoms with Crippen molar-refractivity contribution in [3.63, 3.8) is 0 Å². The van der Waals surface area contributed by atoms with Crippen LogP contribution in [0.5, 0.6) is 0 Å². The molecular formula is C13H18N2O2. The molecule has 2 aliphatic heterocycles. The Morgan fingerprint density at radius 1 is 1.53 bits per heavy atom. The van der Waals surface area contributed by atoms with E-state index >= 15 is 0 Å². The van der Waals surface area contributed by atoms with Gasteiger partial charge in [-0.25, -0.2) is 0 Å². The lowest BCUT2D eigenvalue weighted by Gasteiger charge is -2.35. The van der Waals surface area contributed by atoms with Gasteiger partial charge in [0, 0.05) is 26.3 Å². The summed E-state index contributed by atoms with van der Waals surface area (Å²) >= 11 is 0. The lowest BCUT2D eigenvalue weighted by atomic mass is 9.80. The topological polar surface area (TPSA) is 53.3 Å². The molecule has 0 atom stereocenters. The fourth-order valence-electron chi connectivity index (χ4n) is 2.35. The zero-order valence-corrected chi connectivity index (χ0v) is 10.2. The van der Waals surface area contributed by atoms with Gasteiger partial charge in [-0.3, -0.25) is 4.79 Å². The van der Waals surface area contributed by atoms with Crippen molar-refractivity contribution in [3.05, 3.63) is 11.6 Å². The molecule has 1 saturated heterocycles. The van der Waals surface area contributed by atoms with E-state index < -0.39 is 5.41 Å². The van der Waals surface area contributed by atoms with Crippen LogP contribution in [0.4, 0.5) is 0 Å². The molecule has 0 unspecified atom stereocenters. The average molecular weight is 234 g/mol. The normalized spacial score (nSPS) is 23.8. The third-order valence-corrected chi connectivity index (χ3v) is 3.69. The standard InChI is InChI=1S/C13H18N2O2/c1-11-2-6-15(7-3-11)12(16)13(10-14)4-8-17-9-5-13/h2H,3-9H2,1H3. The summed E-state index contributed by atoms with van der Waals surface area (Å²) in [6.07, 6.45) is 4.05. The highest BCUT2D eigenvalue weighted by Crippen LogP contribution is 2.32. The van der Waals surface area contributed by atoms with E-state index in [0.29, 0.717) is 32.6 Å². The summed E-state index contributed by atoms with van der Waals surface area (Å²) in [7, 11) is 0. The molecule has 92 valence electrons. The van der Waals surface area contributed by atoms with E-state index in [4.69, 9.17) is 4.74 Å². The van der Waals surface area contributed by atoms with Gasteiger partial charge in [0.1, 0.15) is 5.41 Å². The Hall–Kier alpha value is -1.34. The summed E-state index contributed by atoms with van der Waals surface area (Å²) in [5.41, 5.74) is 0.490. The number of amides is 1. The smallest absolute Gasteiger partial charge is 0.243 e. The molecule has 17 heavy (non-hydrogen) atoms. The molecule has 0 aromatic rings. The molecule has 0 bridgehead atoms. The predicted molar refractivity (Wildman–Crippen MR) is 63.1 cm³/mol. The highest BCUT2D eigenvalue weighted by atomic mass is 16.5. The molecule has 0 spiro atoms. The van der Waals surface area contributed by atoms with Gasteiger partial charge in [0.2, 0.25) is 5.91 Å². The van der Waals surface area contributed by atoms with Crippen molar-refractivity contribution >= 4 is 5.91 Å². The van der Waals surface area contributed by atoms with Gasteiger partial charge in [-0.2, -0.15) is 5.26 Å². The maximum absolute atomic E-state index is 12.4. The minimum atomic E-state index is -0.836. The van der Waals surface area contributed by atoms with E-state index in [1.807, 2.05) is 4.90 Å². The van der Waals surface area contributed by atoms with Gasteiger partial charge in [0.05, 0.1) is 6.07 Å². The van der Waals surface area contributed by atoms with Crippen molar-refractivity contribution in [3.8, 4) is 6.07 Å². The number of nitrogens with zero attached hydrogens (tertiary/aromatic N) is 2. The van der Waals surface area contributed by atoms with Crippen LogP contribution in [0.25, 0.3) is 0 Å². The average Bonchev–Trinajstić information content (AvgIpc) is 2.39. The first-order chi connectivity index (χ1) is 8.18. The van der Waals surface area contributed by atoms with Crippen LogP contribution in [0, 0.1) is 16.7 Å². The van der Waals surface area contributed by atoms with Gasteiger partial charge in [0.25, 0.3) is 0 Å². The van der Waals surface area contributed by atoms with Crippen molar-refractivity contribution in [1.82, 2.24) is 4.90 Å². The molecule has 1 amide bonds. The molecule has 1 fully saturated rings. The maximum Gasteiger partial charge on any atom is 0.243 e. The van der Waals surface area contributed by atoms with Gasteiger partial charge >= 0.3 is 0 Å². The number of rotatable bonds is 1. The summed E-state index contributed by atoms with van der Waals surface area (Å²) < 4.78 is 5.25. The minimum Gasteiger partial charge on any atom is -0.381 e. The van der Waals surface area contributed by atoms with Gasteiger partial charge in [0.15, 0.2) is 0 Å². The Morgan fingerprint density at radius 3 is 2.76 bits per heavy atom. The van der Waals surface area contributed by atoms with Gasteiger partial charge in [-0.05, 0) is 26.2 Å². The molecule has 0 N–H and O–H groups in total. The Kier molecular flexibility index (Phi) is 3.49. The number of nitriles is 1. The molecule has 0 aliphatic carbocycles. The maximum atomic E-state index is 12.4. The fourth-order valence-corrected chi connectivity index (χ4v) is 2.35. The highest BCUT2D eigenvalue weighted by molar-refractivity contribution is 5.86. The first-order valence-electron chi connectivity index (χ1n) is 6.12. The van der Waals surface area contributed by atoms with Crippen molar-refractivity contribution in [2.75, 3.05) is 26.3 Å². The van der Waals surface area contributed by atoms with Crippen LogP contribution < -0.4 is 0 Å². The van der Waals surface area contributed by atoms with E-state index in [1.54, 1.807) is 0 Å². The van der Waals surface area contributed by atoms with Crippen molar-refractivity contribution in [2.45, 2.75) is 26.2 Å². The summed E-state index contributed by atoms with van der Waals surface area (Å²) in [4.78, 5) is 14.2. The second-order valence-electron chi connectivity index (χ2n) is 4.86. The van der Waals surface area contributed by atoms with Crippen LogP contribution in [0.3, 0.4) is 0 Å². The molecule has 0 aromatic carbocycles. The van der Waals surface area contributed by atoms with Crippen LogP contribution in [-0.2, 0) is 9.53 Å². The zero-order valence-electron chi connectivity index (χ0n) is 10.2. The van der Waals surface area contributed by atoms with Gasteiger partial charge in [-0.15, -0.1) is 0 Å². The molecule has 4 nitrogen and oxygen atoms in total. The second-order valence-corrected chi connectivity index (χ2v) is 4.86. The zero-order chi connectivity index (χ0) is 12.3. The quantitative estimate of drug-likeness (QED) is 0.646. The first-order valence-corrected chi connectivity index (χ1v) is 6.12. The Morgan fingerprint density at radius 2 is 2.24 bits per heavy atom. The Bertz CT molecular complexity index is 375. The molecule has 4 heteroatoms. The molecule has 0 saturated carbocycles. The number of carbonyl (C=O) groups is 1. The molecule has 2 heterocycles. The number of carbonyl (C=O) groups excluding carboxylic acids is 1. The number of ether oxygens (including phenoxy) is 1. The van der Waals surface area contributed by atoms with Crippen LogP contribution in [0.15, 0.2) is 11.6 Å². The summed E-state index contributed by atoms with van der Waals surface area (Å²) in [5, 5.41) is 9.33. The first kappa shape index (κ1) is 12.1. The predicted octanol–water partition coefficient (Wildman–Crippen LogP) is 1.49. The van der Waals surface area contributed by atoms with Crippen LogP contribution in [0.1, 0.15) is 26.2 Å². The van der Waals surface area contributed by atoms with Crippen molar-refractivity contribution in [2.24, 2.45) is 5.41 Å². The minimum absolute atomic E-state index is 0.00736. The Balaban J connectivity index is 2.10. The second kappa shape index (κ2) is 4.89. The lowest BCUT2D eigenvalue weighted by Crippen LogP contribution is -2.47. The van der Waals surface area contributed by atoms with E-state index in [-0.39, 0.29) is 5.91 Å². The molecule has 2 rings (SSSR count). The van der Waals surface area contributed by atoms with E-state index in [2.05, 4.69) is 19.1 Å². The van der Waals surface area contributed by atoms with Crippen LogP contribution in [-0.4, -0.2) is 37.1 Å². The lowest BCUT2D eigenvalue weighted by molar-refractivity contribution is -0.143. The summed E-state index contributed by atoms with van der Waals surface area (Å²) in [6.45, 7) is 4.50. The van der Waals surface area contributed by atoms with Crippen molar-refractivity contribution < 1.29 is 9.53 Å². The monoisotopic (exact) mass is 234 g/mol. The van der Waals surface area contributed by atoms with Gasteiger partial charge < -0.3 is 9.64 Å². The third-order valence-electron chi connectivity index (χ3n) is 3.69. The summed E-state index contributed by atoms with van der Waals surface area (Å²) in [6, 6.07) is 2.23. The van der Waals surface area contributed by atoms with E-state index in [0.717, 1.165) is 13.0 Å². The molecular weight excluding hydrogens is 216 g/mol. The van der Waals surface area contributed by atoms with Crippen LogP contribution in [0.2, 0.25) is 0 Å². The summed E-state index contributed by atoms with van der Waals surface area (Å²) in [5.74, 6) is -0.00736. The van der Waals surface area contributed by atoms with Crippen LogP contribution >= 0.6 is 0 Å². The van der Waals surface area contributed by atoms with E-state index in [9.17, 15) is 10.1 Å². The van der Waals surface area contributed by atoms with Gasteiger partial charge in [-0.1, -0.05) is 11.6 Å². The fraction of sp³-hybridized carbons (Fsp3) is 0.692. The largest absolute Gasteiger partial charge is 0.381 e. The Labute approximate surface area is 102 Å². The number of hydrogen-bond donors (Lipinski definition) is 0. The van der Waals surface area contributed by atoms with E-state index in [1.165, 1.54) is 5.57 Å². The van der Waals surface area contributed by atoms with Crippen molar-refractivity contribution in [1.29, 1.82) is 5.26 Å². The molecule has 0 aromatic heterocycles. The highest BCUT2D eigenvalue weighted by Gasteiger charge is 2.43. The number of hydrogen-bond acceptors (Lipinski definition) is 3. The third kappa shape index (κ3) is 2.34.